The average Bonchev–Trinajstić information content (AvgIpc) is 2.68. The Balaban J connectivity index is 2.34. The van der Waals surface area contributed by atoms with Gasteiger partial charge in [-0.1, -0.05) is 0 Å². The van der Waals surface area contributed by atoms with E-state index in [0.717, 1.165) is 10.7 Å². The molecule has 0 aliphatic rings. The Morgan fingerprint density at radius 2 is 2.17 bits per heavy atom. The van der Waals surface area contributed by atoms with Gasteiger partial charge in [-0.3, -0.25) is 9.78 Å². The molecule has 0 fully saturated rings. The van der Waals surface area contributed by atoms with E-state index >= 15 is 0 Å². The molecular formula is C13H14N2O2S. The van der Waals surface area contributed by atoms with E-state index in [-0.39, 0.29) is 5.78 Å². The van der Waals surface area contributed by atoms with Gasteiger partial charge < -0.3 is 4.74 Å². The summed E-state index contributed by atoms with van der Waals surface area (Å²) in [7, 11) is 0. The molecule has 0 aromatic carbocycles. The lowest BCUT2D eigenvalue weighted by Gasteiger charge is -2.04. The van der Waals surface area contributed by atoms with Crippen LogP contribution >= 0.6 is 11.3 Å². The molecule has 5 heteroatoms. The predicted molar refractivity (Wildman–Crippen MR) is 70.4 cm³/mol. The van der Waals surface area contributed by atoms with Gasteiger partial charge in [-0.05, 0) is 26.8 Å². The second kappa shape index (κ2) is 5.27. The number of carbonyl (C=O) groups excluding carboxylic acids is 1. The molecule has 0 saturated carbocycles. The summed E-state index contributed by atoms with van der Waals surface area (Å²) in [6.45, 7) is 6.18. The number of thiazole rings is 1. The number of rotatable bonds is 4. The molecule has 4 nitrogen and oxygen atoms in total. The molecule has 2 aromatic heterocycles. The first kappa shape index (κ1) is 12.7. The minimum atomic E-state index is -0.0489. The van der Waals surface area contributed by atoms with Crippen LogP contribution < -0.4 is 4.74 Å². The highest BCUT2D eigenvalue weighted by Crippen LogP contribution is 2.22. The van der Waals surface area contributed by atoms with E-state index in [4.69, 9.17) is 4.74 Å². The normalized spacial score (nSPS) is 10.4. The molecule has 94 valence electrons. The number of nitrogens with zero attached hydrogens (tertiary/aromatic N) is 2. The Hall–Kier alpha value is -1.75. The minimum Gasteiger partial charge on any atom is -0.492 e. The van der Waals surface area contributed by atoms with Crippen molar-refractivity contribution in [3.05, 3.63) is 39.6 Å². The molecule has 0 radical (unpaired) electrons. The van der Waals surface area contributed by atoms with Crippen molar-refractivity contribution >= 4 is 17.1 Å². The van der Waals surface area contributed by atoms with Crippen LogP contribution in [-0.4, -0.2) is 22.4 Å². The Labute approximate surface area is 110 Å². The SMILES string of the molecule is CCOc1cncc(C(=O)c2sc(C)nc2C)c1. The number of pyridine rings is 1. The molecule has 18 heavy (non-hydrogen) atoms. The number of hydrogen-bond acceptors (Lipinski definition) is 5. The highest BCUT2D eigenvalue weighted by atomic mass is 32.1. The summed E-state index contributed by atoms with van der Waals surface area (Å²) in [4.78, 5) is 21.3. The smallest absolute Gasteiger partial charge is 0.206 e. The topological polar surface area (TPSA) is 52.1 Å². The third-order valence-corrected chi connectivity index (χ3v) is 3.47. The Bertz CT molecular complexity index is 578. The molecule has 0 aliphatic carbocycles. The largest absolute Gasteiger partial charge is 0.492 e. The summed E-state index contributed by atoms with van der Waals surface area (Å²) < 4.78 is 5.34. The van der Waals surface area contributed by atoms with Crippen LogP contribution in [0, 0.1) is 13.8 Å². The quantitative estimate of drug-likeness (QED) is 0.795. The van der Waals surface area contributed by atoms with Gasteiger partial charge in [-0.2, -0.15) is 0 Å². The summed E-state index contributed by atoms with van der Waals surface area (Å²) in [6.07, 6.45) is 3.16. The molecule has 2 rings (SSSR count). The number of ketones is 1. The summed E-state index contributed by atoms with van der Waals surface area (Å²) in [5.41, 5.74) is 1.30. The fourth-order valence-electron chi connectivity index (χ4n) is 1.66. The maximum Gasteiger partial charge on any atom is 0.206 e. The molecule has 0 amide bonds. The predicted octanol–water partition coefficient (Wildman–Crippen LogP) is 2.78. The van der Waals surface area contributed by atoms with Crippen LogP contribution in [0.25, 0.3) is 0 Å². The molecular weight excluding hydrogens is 248 g/mol. The lowest BCUT2D eigenvalue weighted by Crippen LogP contribution is -2.02. The molecule has 0 aliphatic heterocycles. The zero-order chi connectivity index (χ0) is 13.1. The maximum absolute atomic E-state index is 12.3. The van der Waals surface area contributed by atoms with Gasteiger partial charge in [0, 0.05) is 11.8 Å². The van der Waals surface area contributed by atoms with E-state index in [0.29, 0.717) is 22.8 Å². The molecule has 0 unspecified atom stereocenters. The molecule has 0 atom stereocenters. The Kier molecular flexibility index (Phi) is 3.72. The molecule has 0 spiro atoms. The van der Waals surface area contributed by atoms with Crippen LogP contribution in [0.2, 0.25) is 0 Å². The van der Waals surface area contributed by atoms with Gasteiger partial charge in [-0.25, -0.2) is 4.98 Å². The standard InChI is InChI=1S/C13H14N2O2S/c1-4-17-11-5-10(6-14-7-11)12(16)13-8(2)15-9(3)18-13/h5-7H,4H2,1-3H3. The van der Waals surface area contributed by atoms with Crippen LogP contribution in [0.3, 0.4) is 0 Å². The third kappa shape index (κ3) is 2.56. The second-order valence-corrected chi connectivity index (χ2v) is 5.02. The summed E-state index contributed by atoms with van der Waals surface area (Å²) in [5, 5.41) is 0.893. The summed E-state index contributed by atoms with van der Waals surface area (Å²) in [5.74, 6) is 0.564. The van der Waals surface area contributed by atoms with Crippen molar-refractivity contribution in [2.24, 2.45) is 0 Å². The third-order valence-electron chi connectivity index (χ3n) is 2.40. The molecule has 0 bridgehead atoms. The molecule has 0 saturated heterocycles. The monoisotopic (exact) mass is 262 g/mol. The van der Waals surface area contributed by atoms with Gasteiger partial charge in [0.1, 0.15) is 5.75 Å². The summed E-state index contributed by atoms with van der Waals surface area (Å²) in [6, 6.07) is 1.72. The van der Waals surface area contributed by atoms with Gasteiger partial charge >= 0.3 is 0 Å². The number of aryl methyl sites for hydroxylation is 2. The van der Waals surface area contributed by atoms with E-state index in [2.05, 4.69) is 9.97 Å². The average molecular weight is 262 g/mol. The van der Waals surface area contributed by atoms with Crippen LogP contribution in [0.5, 0.6) is 5.75 Å². The van der Waals surface area contributed by atoms with E-state index in [1.54, 1.807) is 18.5 Å². The Morgan fingerprint density at radius 1 is 1.39 bits per heavy atom. The van der Waals surface area contributed by atoms with Crippen molar-refractivity contribution in [2.75, 3.05) is 6.61 Å². The van der Waals surface area contributed by atoms with E-state index < -0.39 is 0 Å². The number of ether oxygens (including phenoxy) is 1. The summed E-state index contributed by atoms with van der Waals surface area (Å²) >= 11 is 1.41. The van der Waals surface area contributed by atoms with Gasteiger partial charge in [0.25, 0.3) is 0 Å². The zero-order valence-corrected chi connectivity index (χ0v) is 11.4. The van der Waals surface area contributed by atoms with Gasteiger partial charge in [0.15, 0.2) is 0 Å². The number of aromatic nitrogens is 2. The van der Waals surface area contributed by atoms with Crippen LogP contribution in [-0.2, 0) is 0 Å². The lowest BCUT2D eigenvalue weighted by atomic mass is 10.1. The van der Waals surface area contributed by atoms with Crippen molar-refractivity contribution in [1.82, 2.24) is 9.97 Å². The first-order valence-electron chi connectivity index (χ1n) is 5.68. The minimum absolute atomic E-state index is 0.0489. The van der Waals surface area contributed by atoms with Crippen LogP contribution in [0.4, 0.5) is 0 Å². The first-order chi connectivity index (χ1) is 8.61. The highest BCUT2D eigenvalue weighted by molar-refractivity contribution is 7.14. The highest BCUT2D eigenvalue weighted by Gasteiger charge is 2.16. The number of carbonyl (C=O) groups is 1. The van der Waals surface area contributed by atoms with E-state index in [1.165, 1.54) is 11.3 Å². The maximum atomic E-state index is 12.3. The second-order valence-electron chi connectivity index (χ2n) is 3.82. The molecule has 2 heterocycles. The van der Waals surface area contributed by atoms with Crippen molar-refractivity contribution in [3.63, 3.8) is 0 Å². The molecule has 0 N–H and O–H groups in total. The zero-order valence-electron chi connectivity index (χ0n) is 10.6. The first-order valence-corrected chi connectivity index (χ1v) is 6.50. The number of hydrogen-bond donors (Lipinski definition) is 0. The van der Waals surface area contributed by atoms with Crippen molar-refractivity contribution in [3.8, 4) is 5.75 Å². The van der Waals surface area contributed by atoms with Crippen molar-refractivity contribution in [1.29, 1.82) is 0 Å². The van der Waals surface area contributed by atoms with Gasteiger partial charge in [-0.15, -0.1) is 11.3 Å². The van der Waals surface area contributed by atoms with E-state index in [9.17, 15) is 4.79 Å². The molecule has 2 aromatic rings. The van der Waals surface area contributed by atoms with Crippen LogP contribution in [0.15, 0.2) is 18.5 Å². The Morgan fingerprint density at radius 3 is 2.78 bits per heavy atom. The van der Waals surface area contributed by atoms with Crippen molar-refractivity contribution in [2.45, 2.75) is 20.8 Å². The van der Waals surface area contributed by atoms with E-state index in [1.807, 2.05) is 20.8 Å². The van der Waals surface area contributed by atoms with Crippen LogP contribution in [0.1, 0.15) is 32.9 Å². The fourth-order valence-corrected chi connectivity index (χ4v) is 2.54. The fraction of sp³-hybridized carbons (Fsp3) is 0.308. The van der Waals surface area contributed by atoms with Gasteiger partial charge in [0.2, 0.25) is 5.78 Å². The van der Waals surface area contributed by atoms with Gasteiger partial charge in [0.05, 0.1) is 28.4 Å². The lowest BCUT2D eigenvalue weighted by molar-refractivity contribution is 0.104. The van der Waals surface area contributed by atoms with Crippen molar-refractivity contribution < 1.29 is 9.53 Å².